The van der Waals surface area contributed by atoms with Crippen LogP contribution in [0.4, 0.5) is 0 Å². The average Bonchev–Trinajstić information content (AvgIpc) is 3.08. The molecule has 3 rings (SSSR count). The van der Waals surface area contributed by atoms with Crippen LogP contribution >= 0.6 is 12.4 Å². The molecular formula is C18H30ClN5. The van der Waals surface area contributed by atoms with Crippen molar-refractivity contribution in [3.8, 4) is 11.3 Å². The van der Waals surface area contributed by atoms with Crippen LogP contribution in [0.25, 0.3) is 11.3 Å². The molecule has 3 heterocycles. The second kappa shape index (κ2) is 7.28. The van der Waals surface area contributed by atoms with E-state index in [0.29, 0.717) is 0 Å². The summed E-state index contributed by atoms with van der Waals surface area (Å²) in [5.74, 6) is 0.871. The first-order valence-electron chi connectivity index (χ1n) is 8.62. The fraction of sp³-hybridized carbons (Fsp3) is 0.667. The van der Waals surface area contributed by atoms with E-state index in [1.165, 1.54) is 31.5 Å². The molecule has 0 atom stereocenters. The monoisotopic (exact) mass is 351 g/mol. The lowest BCUT2D eigenvalue weighted by molar-refractivity contribution is 0.136. The molecule has 1 aliphatic heterocycles. The second-order valence-corrected chi connectivity index (χ2v) is 7.72. The molecule has 1 saturated heterocycles. The quantitative estimate of drug-likeness (QED) is 0.846. The Bertz CT molecular complexity index is 665. The zero-order valence-electron chi connectivity index (χ0n) is 15.5. The number of hydrogen-bond acceptors (Lipinski definition) is 3. The summed E-state index contributed by atoms with van der Waals surface area (Å²) < 4.78 is 4.19. The van der Waals surface area contributed by atoms with Crippen LogP contribution in [0.3, 0.4) is 0 Å². The maximum absolute atomic E-state index is 4.48. The van der Waals surface area contributed by atoms with Crippen LogP contribution in [0.1, 0.15) is 39.3 Å². The zero-order chi connectivity index (χ0) is 16.6. The van der Waals surface area contributed by atoms with Crippen molar-refractivity contribution in [2.24, 2.45) is 13.0 Å². The molecular weight excluding hydrogens is 322 g/mol. The third-order valence-electron chi connectivity index (χ3n) is 5.07. The van der Waals surface area contributed by atoms with Crippen molar-refractivity contribution in [3.05, 3.63) is 24.4 Å². The van der Waals surface area contributed by atoms with Crippen LogP contribution in [0, 0.1) is 12.8 Å². The second-order valence-electron chi connectivity index (χ2n) is 7.72. The minimum absolute atomic E-state index is 0. The van der Waals surface area contributed by atoms with E-state index in [-0.39, 0.29) is 17.9 Å². The van der Waals surface area contributed by atoms with Crippen molar-refractivity contribution < 1.29 is 0 Å². The lowest BCUT2D eigenvalue weighted by Crippen LogP contribution is -2.44. The Balaban J connectivity index is 0.00000208. The predicted octanol–water partition coefficient (Wildman–Crippen LogP) is 3.48. The average molecular weight is 352 g/mol. The molecule has 1 aliphatic rings. The van der Waals surface area contributed by atoms with Gasteiger partial charge in [0.2, 0.25) is 0 Å². The van der Waals surface area contributed by atoms with E-state index in [9.17, 15) is 0 Å². The number of imidazole rings is 1. The van der Waals surface area contributed by atoms with Crippen molar-refractivity contribution in [2.45, 2.75) is 46.1 Å². The van der Waals surface area contributed by atoms with Crippen molar-refractivity contribution in [2.75, 3.05) is 19.6 Å². The summed E-state index contributed by atoms with van der Waals surface area (Å²) in [4.78, 5) is 7.02. The van der Waals surface area contributed by atoms with Gasteiger partial charge in [-0.3, -0.25) is 4.68 Å². The number of piperidine rings is 1. The summed E-state index contributed by atoms with van der Waals surface area (Å²) in [6.45, 7) is 12.5. The van der Waals surface area contributed by atoms with Gasteiger partial charge in [0, 0.05) is 25.4 Å². The number of halogens is 1. The minimum Gasteiger partial charge on any atom is -0.324 e. The van der Waals surface area contributed by atoms with Gasteiger partial charge in [-0.15, -0.1) is 12.4 Å². The number of nitrogens with zero attached hydrogens (tertiary/aromatic N) is 5. The standard InChI is InChI=1S/C18H29N5.ClH/c1-14-6-8-22(9-7-14)12-18(3,4)23-13-19-10-17(23)16-11-21(5)20-15(16)2;/h10-11,13-14H,6-9,12H2,1-5H3;1H. The molecule has 134 valence electrons. The summed E-state index contributed by atoms with van der Waals surface area (Å²) in [5, 5.41) is 4.48. The van der Waals surface area contributed by atoms with Crippen molar-refractivity contribution in [1.29, 1.82) is 0 Å². The number of aromatic nitrogens is 4. The fourth-order valence-electron chi connectivity index (χ4n) is 3.67. The van der Waals surface area contributed by atoms with E-state index in [2.05, 4.69) is 53.4 Å². The van der Waals surface area contributed by atoms with Crippen molar-refractivity contribution in [3.63, 3.8) is 0 Å². The van der Waals surface area contributed by atoms with Crippen LogP contribution in [-0.2, 0) is 12.6 Å². The van der Waals surface area contributed by atoms with E-state index < -0.39 is 0 Å². The van der Waals surface area contributed by atoms with Gasteiger partial charge in [0.25, 0.3) is 0 Å². The van der Waals surface area contributed by atoms with Gasteiger partial charge >= 0.3 is 0 Å². The largest absolute Gasteiger partial charge is 0.324 e. The lowest BCUT2D eigenvalue weighted by Gasteiger charge is -2.38. The number of hydrogen-bond donors (Lipinski definition) is 0. The summed E-state index contributed by atoms with van der Waals surface area (Å²) in [6, 6.07) is 0. The van der Waals surface area contributed by atoms with E-state index in [0.717, 1.165) is 23.9 Å². The summed E-state index contributed by atoms with van der Waals surface area (Å²) in [5.41, 5.74) is 3.39. The first-order chi connectivity index (χ1) is 10.9. The van der Waals surface area contributed by atoms with Gasteiger partial charge < -0.3 is 9.47 Å². The van der Waals surface area contributed by atoms with Crippen molar-refractivity contribution in [1.82, 2.24) is 24.2 Å². The number of likely N-dealkylation sites (tertiary alicyclic amines) is 1. The highest BCUT2D eigenvalue weighted by atomic mass is 35.5. The van der Waals surface area contributed by atoms with Gasteiger partial charge in [-0.2, -0.15) is 5.10 Å². The Morgan fingerprint density at radius 3 is 2.50 bits per heavy atom. The Kier molecular flexibility index (Phi) is 5.76. The van der Waals surface area contributed by atoms with Gasteiger partial charge in [0.15, 0.2) is 0 Å². The van der Waals surface area contributed by atoms with E-state index in [1.807, 2.05) is 24.3 Å². The molecule has 0 N–H and O–H groups in total. The van der Waals surface area contributed by atoms with Crippen LogP contribution in [0.5, 0.6) is 0 Å². The van der Waals surface area contributed by atoms with Crippen LogP contribution in [-0.4, -0.2) is 43.9 Å². The first kappa shape index (κ1) is 19.0. The molecule has 0 radical (unpaired) electrons. The number of aryl methyl sites for hydroxylation is 2. The minimum atomic E-state index is 0. The SMILES string of the molecule is Cc1nn(C)cc1-c1cncn1C(C)(C)CN1CCC(C)CC1.Cl. The third-order valence-corrected chi connectivity index (χ3v) is 5.07. The van der Waals surface area contributed by atoms with E-state index in [4.69, 9.17) is 0 Å². The molecule has 0 bridgehead atoms. The van der Waals surface area contributed by atoms with Gasteiger partial charge in [-0.25, -0.2) is 4.98 Å². The smallest absolute Gasteiger partial charge is 0.0956 e. The molecule has 1 fully saturated rings. The molecule has 5 nitrogen and oxygen atoms in total. The molecule has 2 aromatic heterocycles. The van der Waals surface area contributed by atoms with Gasteiger partial charge in [0.1, 0.15) is 0 Å². The summed E-state index contributed by atoms with van der Waals surface area (Å²) in [7, 11) is 1.97. The Morgan fingerprint density at radius 2 is 1.92 bits per heavy atom. The third kappa shape index (κ3) is 3.83. The molecule has 0 aromatic carbocycles. The molecule has 6 heteroatoms. The summed E-state index contributed by atoms with van der Waals surface area (Å²) >= 11 is 0. The Hall–Kier alpha value is -1.33. The summed E-state index contributed by atoms with van der Waals surface area (Å²) in [6.07, 6.45) is 8.64. The zero-order valence-corrected chi connectivity index (χ0v) is 16.3. The van der Waals surface area contributed by atoms with Crippen LogP contribution < -0.4 is 0 Å². The molecule has 0 spiro atoms. The van der Waals surface area contributed by atoms with Crippen molar-refractivity contribution >= 4 is 12.4 Å². The highest BCUT2D eigenvalue weighted by Gasteiger charge is 2.28. The van der Waals surface area contributed by atoms with Gasteiger partial charge in [0.05, 0.1) is 29.5 Å². The molecule has 0 unspecified atom stereocenters. The van der Waals surface area contributed by atoms with E-state index >= 15 is 0 Å². The van der Waals surface area contributed by atoms with Gasteiger partial charge in [-0.1, -0.05) is 6.92 Å². The predicted molar refractivity (Wildman–Crippen MR) is 101 cm³/mol. The maximum atomic E-state index is 4.48. The number of rotatable bonds is 4. The molecule has 24 heavy (non-hydrogen) atoms. The van der Waals surface area contributed by atoms with E-state index in [1.54, 1.807) is 0 Å². The molecule has 0 amide bonds. The lowest BCUT2D eigenvalue weighted by atomic mass is 9.96. The highest BCUT2D eigenvalue weighted by molar-refractivity contribution is 5.85. The molecule has 0 aliphatic carbocycles. The van der Waals surface area contributed by atoms with Gasteiger partial charge in [-0.05, 0) is 52.6 Å². The Morgan fingerprint density at radius 1 is 1.25 bits per heavy atom. The normalized spacial score (nSPS) is 17.0. The first-order valence-corrected chi connectivity index (χ1v) is 8.62. The maximum Gasteiger partial charge on any atom is 0.0956 e. The highest BCUT2D eigenvalue weighted by Crippen LogP contribution is 2.29. The fourth-order valence-corrected chi connectivity index (χ4v) is 3.67. The topological polar surface area (TPSA) is 38.9 Å². The molecule has 0 saturated carbocycles. The molecule has 2 aromatic rings. The van der Waals surface area contributed by atoms with Crippen LogP contribution in [0.15, 0.2) is 18.7 Å². The van der Waals surface area contributed by atoms with Crippen LogP contribution in [0.2, 0.25) is 0 Å². The Labute approximate surface area is 151 Å².